The lowest BCUT2D eigenvalue weighted by Gasteiger charge is -2.39. The topological polar surface area (TPSA) is 74.2 Å². The van der Waals surface area contributed by atoms with Gasteiger partial charge in [0, 0.05) is 32.7 Å². The maximum Gasteiger partial charge on any atom is 0.321 e. The van der Waals surface area contributed by atoms with Crippen LogP contribution in [-0.4, -0.2) is 60.4 Å². The summed E-state index contributed by atoms with van der Waals surface area (Å²) in [4.78, 5) is 34.7. The van der Waals surface area contributed by atoms with Gasteiger partial charge >= 0.3 is 5.97 Å². The summed E-state index contributed by atoms with van der Waals surface area (Å²) in [6, 6.07) is 19.3. The molecule has 2 aromatic rings. The number of nitrogens with zero attached hydrogens (tertiary/aromatic N) is 3. The molecule has 0 spiro atoms. The fourth-order valence-electron chi connectivity index (χ4n) is 4.08. The van der Waals surface area contributed by atoms with Crippen molar-refractivity contribution in [2.75, 3.05) is 32.8 Å². The van der Waals surface area contributed by atoms with Crippen molar-refractivity contribution in [1.82, 2.24) is 15.1 Å². The van der Waals surface area contributed by atoms with Gasteiger partial charge in [-0.1, -0.05) is 60.7 Å². The number of aliphatic imine (C=N–C) groups is 1. The van der Waals surface area contributed by atoms with Gasteiger partial charge < -0.3 is 9.64 Å². The SMILES string of the molecule is CCOC(=O)[C@H]1C(=O)NC(N2CCN(Cc3ccccc3)CC2)=N[C@@H]1c1ccccc1. The second-order valence-corrected chi connectivity index (χ2v) is 7.78. The number of ether oxygens (including phenoxy) is 1. The zero-order chi connectivity index (χ0) is 21.6. The Labute approximate surface area is 182 Å². The van der Waals surface area contributed by atoms with Crippen LogP contribution in [0.1, 0.15) is 24.1 Å². The van der Waals surface area contributed by atoms with Gasteiger partial charge in [0.15, 0.2) is 5.92 Å². The maximum atomic E-state index is 12.9. The molecular weight excluding hydrogens is 392 g/mol. The molecule has 1 fully saturated rings. The highest BCUT2D eigenvalue weighted by Crippen LogP contribution is 2.30. The first-order valence-corrected chi connectivity index (χ1v) is 10.8. The number of piperazine rings is 1. The van der Waals surface area contributed by atoms with Crippen molar-refractivity contribution < 1.29 is 14.3 Å². The van der Waals surface area contributed by atoms with E-state index < -0.39 is 17.9 Å². The van der Waals surface area contributed by atoms with E-state index in [2.05, 4.69) is 39.4 Å². The van der Waals surface area contributed by atoms with Gasteiger partial charge in [-0.25, -0.2) is 4.99 Å². The maximum absolute atomic E-state index is 12.9. The van der Waals surface area contributed by atoms with E-state index in [1.54, 1.807) is 6.92 Å². The molecule has 0 aliphatic carbocycles. The normalized spacial score (nSPS) is 21.9. The van der Waals surface area contributed by atoms with Crippen LogP contribution in [0.3, 0.4) is 0 Å². The number of carbonyl (C=O) groups is 2. The van der Waals surface area contributed by atoms with Crippen molar-refractivity contribution in [3.8, 4) is 0 Å². The number of hydrogen-bond acceptors (Lipinski definition) is 6. The lowest BCUT2D eigenvalue weighted by Crippen LogP contribution is -2.57. The Morgan fingerprint density at radius 1 is 1.03 bits per heavy atom. The summed E-state index contributed by atoms with van der Waals surface area (Å²) < 4.78 is 5.17. The van der Waals surface area contributed by atoms with Crippen molar-refractivity contribution in [2.24, 2.45) is 10.9 Å². The van der Waals surface area contributed by atoms with Gasteiger partial charge in [0.25, 0.3) is 0 Å². The third-order valence-corrected chi connectivity index (χ3v) is 5.70. The van der Waals surface area contributed by atoms with Crippen LogP contribution in [0.25, 0.3) is 0 Å². The molecule has 31 heavy (non-hydrogen) atoms. The number of guanidine groups is 1. The van der Waals surface area contributed by atoms with Crippen LogP contribution >= 0.6 is 0 Å². The van der Waals surface area contributed by atoms with E-state index in [4.69, 9.17) is 9.73 Å². The first kappa shape index (κ1) is 21.1. The number of rotatable bonds is 5. The fourth-order valence-corrected chi connectivity index (χ4v) is 4.08. The minimum Gasteiger partial charge on any atom is -0.465 e. The molecule has 0 saturated carbocycles. The highest BCUT2D eigenvalue weighted by Gasteiger charge is 2.42. The summed E-state index contributed by atoms with van der Waals surface area (Å²) in [5, 5.41) is 2.86. The molecule has 0 bridgehead atoms. The molecule has 7 nitrogen and oxygen atoms in total. The summed E-state index contributed by atoms with van der Waals surface area (Å²) in [5.74, 6) is -1.34. The Bertz CT molecular complexity index is 924. The second kappa shape index (κ2) is 9.75. The fraction of sp³-hybridized carbons (Fsp3) is 0.375. The third-order valence-electron chi connectivity index (χ3n) is 5.70. The zero-order valence-corrected chi connectivity index (χ0v) is 17.7. The molecule has 1 saturated heterocycles. The first-order valence-electron chi connectivity index (χ1n) is 10.8. The van der Waals surface area contributed by atoms with Crippen molar-refractivity contribution >= 4 is 17.8 Å². The average Bonchev–Trinajstić information content (AvgIpc) is 2.80. The highest BCUT2D eigenvalue weighted by molar-refractivity contribution is 6.08. The van der Waals surface area contributed by atoms with Crippen molar-refractivity contribution in [3.05, 3.63) is 71.8 Å². The monoisotopic (exact) mass is 420 g/mol. The Morgan fingerprint density at radius 2 is 1.68 bits per heavy atom. The second-order valence-electron chi connectivity index (χ2n) is 7.78. The molecule has 2 aliphatic rings. The molecule has 162 valence electrons. The highest BCUT2D eigenvalue weighted by atomic mass is 16.5. The molecule has 1 amide bonds. The average molecular weight is 421 g/mol. The van der Waals surface area contributed by atoms with E-state index in [0.29, 0.717) is 5.96 Å². The summed E-state index contributed by atoms with van der Waals surface area (Å²) >= 11 is 0. The van der Waals surface area contributed by atoms with Crippen LogP contribution in [0.4, 0.5) is 0 Å². The molecule has 0 aromatic heterocycles. The summed E-state index contributed by atoms with van der Waals surface area (Å²) in [7, 11) is 0. The molecule has 0 radical (unpaired) electrons. The van der Waals surface area contributed by atoms with Crippen molar-refractivity contribution in [3.63, 3.8) is 0 Å². The number of nitrogens with one attached hydrogen (secondary N) is 1. The van der Waals surface area contributed by atoms with Gasteiger partial charge in [-0.05, 0) is 18.1 Å². The Morgan fingerprint density at radius 3 is 2.32 bits per heavy atom. The smallest absolute Gasteiger partial charge is 0.321 e. The summed E-state index contributed by atoms with van der Waals surface area (Å²) in [5.41, 5.74) is 2.12. The Balaban J connectivity index is 1.49. The van der Waals surface area contributed by atoms with Gasteiger partial charge in [-0.3, -0.25) is 19.8 Å². The van der Waals surface area contributed by atoms with E-state index in [0.717, 1.165) is 38.3 Å². The summed E-state index contributed by atoms with van der Waals surface area (Å²) in [6.45, 7) is 6.15. The van der Waals surface area contributed by atoms with Crippen LogP contribution in [-0.2, 0) is 20.9 Å². The zero-order valence-electron chi connectivity index (χ0n) is 17.7. The lowest BCUT2D eigenvalue weighted by atomic mass is 9.91. The number of esters is 1. The molecule has 1 N–H and O–H groups in total. The molecule has 2 aliphatic heterocycles. The van der Waals surface area contributed by atoms with Crippen LogP contribution in [0.5, 0.6) is 0 Å². The predicted octanol–water partition coefficient (Wildman–Crippen LogP) is 2.21. The van der Waals surface area contributed by atoms with Crippen LogP contribution in [0, 0.1) is 5.92 Å². The van der Waals surface area contributed by atoms with E-state index in [1.165, 1.54) is 5.56 Å². The van der Waals surface area contributed by atoms with Crippen LogP contribution < -0.4 is 5.32 Å². The standard InChI is InChI=1S/C24H28N4O3/c1-2-31-23(30)20-21(19-11-7-4-8-12-19)25-24(26-22(20)29)28-15-13-27(14-16-28)17-18-9-5-3-6-10-18/h3-12,20-21H,2,13-17H2,1H3,(H,25,26,29)/t20-,21-/m1/s1. The molecular formula is C24H28N4O3. The third kappa shape index (κ3) is 4.94. The van der Waals surface area contributed by atoms with E-state index in [9.17, 15) is 9.59 Å². The van der Waals surface area contributed by atoms with Crippen LogP contribution in [0.2, 0.25) is 0 Å². The van der Waals surface area contributed by atoms with E-state index in [-0.39, 0.29) is 12.5 Å². The summed E-state index contributed by atoms with van der Waals surface area (Å²) in [6.07, 6.45) is 0. The van der Waals surface area contributed by atoms with Crippen LogP contribution in [0.15, 0.2) is 65.7 Å². The van der Waals surface area contributed by atoms with E-state index in [1.807, 2.05) is 36.4 Å². The largest absolute Gasteiger partial charge is 0.465 e. The number of carbonyl (C=O) groups excluding carboxylic acids is 2. The first-order chi connectivity index (χ1) is 15.2. The molecule has 4 rings (SSSR count). The minimum atomic E-state index is -0.981. The molecule has 7 heteroatoms. The Hall–Kier alpha value is -3.19. The van der Waals surface area contributed by atoms with Crippen molar-refractivity contribution in [2.45, 2.75) is 19.5 Å². The predicted molar refractivity (Wildman–Crippen MR) is 118 cm³/mol. The number of hydrogen-bond donors (Lipinski definition) is 1. The van der Waals surface area contributed by atoms with E-state index >= 15 is 0 Å². The van der Waals surface area contributed by atoms with Gasteiger partial charge in [0.2, 0.25) is 11.9 Å². The number of benzene rings is 2. The molecule has 2 aromatic carbocycles. The molecule has 0 unspecified atom stereocenters. The molecule has 2 atom stereocenters. The Kier molecular flexibility index (Phi) is 6.62. The van der Waals surface area contributed by atoms with Gasteiger partial charge in [0.1, 0.15) is 6.04 Å². The van der Waals surface area contributed by atoms with Gasteiger partial charge in [-0.2, -0.15) is 0 Å². The molecule has 2 heterocycles. The minimum absolute atomic E-state index is 0.226. The van der Waals surface area contributed by atoms with Gasteiger partial charge in [0.05, 0.1) is 6.61 Å². The van der Waals surface area contributed by atoms with Gasteiger partial charge in [-0.15, -0.1) is 0 Å². The van der Waals surface area contributed by atoms with Crippen molar-refractivity contribution in [1.29, 1.82) is 0 Å². The lowest BCUT2D eigenvalue weighted by molar-refractivity contribution is -0.153. The quantitative estimate of drug-likeness (QED) is 0.593. The number of amides is 1.